The van der Waals surface area contributed by atoms with Gasteiger partial charge in [-0.1, -0.05) is 36.4 Å². The number of phenolic OH excluding ortho intramolecular Hbond substituents is 2. The molecule has 0 saturated carbocycles. The molecule has 0 fully saturated rings. The normalized spacial score (nSPS) is 11.6. The predicted octanol–water partition coefficient (Wildman–Crippen LogP) is 2.02. The van der Waals surface area contributed by atoms with Crippen molar-refractivity contribution in [2.45, 2.75) is 25.8 Å². The fourth-order valence-electron chi connectivity index (χ4n) is 2.51. The first-order valence-corrected chi connectivity index (χ1v) is 8.05. The van der Waals surface area contributed by atoms with Gasteiger partial charge in [-0.25, -0.2) is 0 Å². The van der Waals surface area contributed by atoms with E-state index in [2.05, 4.69) is 10.6 Å². The van der Waals surface area contributed by atoms with E-state index in [9.17, 15) is 19.8 Å². The lowest BCUT2D eigenvalue weighted by atomic mass is 10.0. The molecule has 0 saturated heterocycles. The van der Waals surface area contributed by atoms with Crippen LogP contribution < -0.4 is 10.6 Å². The van der Waals surface area contributed by atoms with Gasteiger partial charge in [-0.2, -0.15) is 0 Å². The highest BCUT2D eigenvalue weighted by Crippen LogP contribution is 2.24. The molecular formula is C19H22N2O4. The van der Waals surface area contributed by atoms with E-state index >= 15 is 0 Å². The smallest absolute Gasteiger partial charge is 0.222 e. The van der Waals surface area contributed by atoms with Crippen molar-refractivity contribution in [3.63, 3.8) is 0 Å². The number of benzene rings is 2. The maximum Gasteiger partial charge on any atom is 0.222 e. The van der Waals surface area contributed by atoms with E-state index in [1.807, 2.05) is 30.3 Å². The zero-order valence-corrected chi connectivity index (χ0v) is 14.0. The molecule has 132 valence electrons. The summed E-state index contributed by atoms with van der Waals surface area (Å²) in [6.07, 6.45) is 0.667. The Morgan fingerprint density at radius 1 is 1.04 bits per heavy atom. The van der Waals surface area contributed by atoms with Crippen LogP contribution in [0.3, 0.4) is 0 Å². The molecule has 0 heterocycles. The van der Waals surface area contributed by atoms with Crippen LogP contribution in [0.4, 0.5) is 0 Å². The number of carbonyl (C=O) groups excluding carboxylic acids is 2. The molecular weight excluding hydrogens is 320 g/mol. The minimum absolute atomic E-state index is 0.143. The van der Waals surface area contributed by atoms with Crippen LogP contribution in [-0.2, 0) is 16.0 Å². The molecule has 1 unspecified atom stereocenters. The van der Waals surface area contributed by atoms with Gasteiger partial charge in [0.25, 0.3) is 0 Å². The number of carbonyl (C=O) groups is 2. The minimum atomic E-state index is -0.378. The third-order valence-corrected chi connectivity index (χ3v) is 3.74. The molecule has 2 amide bonds. The van der Waals surface area contributed by atoms with E-state index in [1.54, 1.807) is 6.07 Å². The fraction of sp³-hybridized carbons (Fsp3) is 0.263. The molecule has 6 heteroatoms. The van der Waals surface area contributed by atoms with Gasteiger partial charge >= 0.3 is 0 Å². The topological polar surface area (TPSA) is 98.7 Å². The average Bonchev–Trinajstić information content (AvgIpc) is 2.58. The molecule has 6 nitrogen and oxygen atoms in total. The highest BCUT2D eigenvalue weighted by Gasteiger charge is 2.16. The zero-order chi connectivity index (χ0) is 18.2. The van der Waals surface area contributed by atoms with Crippen molar-refractivity contribution in [1.82, 2.24) is 10.6 Å². The maximum absolute atomic E-state index is 12.2. The highest BCUT2D eigenvalue weighted by atomic mass is 16.3. The van der Waals surface area contributed by atoms with Crippen molar-refractivity contribution in [3.8, 4) is 11.5 Å². The summed E-state index contributed by atoms with van der Waals surface area (Å²) < 4.78 is 0. The number of hydrogen-bond donors (Lipinski definition) is 4. The van der Waals surface area contributed by atoms with Crippen molar-refractivity contribution < 1.29 is 19.8 Å². The Bertz CT molecular complexity index is 731. The number of amides is 2. The predicted molar refractivity (Wildman–Crippen MR) is 94.1 cm³/mol. The highest BCUT2D eigenvalue weighted by molar-refractivity contribution is 5.79. The number of hydrogen-bond acceptors (Lipinski definition) is 4. The van der Waals surface area contributed by atoms with Gasteiger partial charge in [-0.15, -0.1) is 0 Å². The van der Waals surface area contributed by atoms with Gasteiger partial charge in [0, 0.05) is 13.5 Å². The third-order valence-electron chi connectivity index (χ3n) is 3.74. The Morgan fingerprint density at radius 2 is 1.76 bits per heavy atom. The van der Waals surface area contributed by atoms with Crippen LogP contribution >= 0.6 is 0 Å². The van der Waals surface area contributed by atoms with Gasteiger partial charge in [-0.05, 0) is 29.7 Å². The SMILES string of the molecule is CC(=O)NC(CC(=O)NCCc1ccc(O)c(O)c1)c1ccccc1. The van der Waals surface area contributed by atoms with E-state index in [1.165, 1.54) is 19.1 Å². The van der Waals surface area contributed by atoms with Gasteiger partial charge < -0.3 is 20.8 Å². The van der Waals surface area contributed by atoms with E-state index in [-0.39, 0.29) is 35.8 Å². The summed E-state index contributed by atoms with van der Waals surface area (Å²) in [5, 5.41) is 24.3. The molecule has 0 aromatic heterocycles. The Balaban J connectivity index is 1.88. The molecule has 0 aliphatic rings. The van der Waals surface area contributed by atoms with E-state index in [0.717, 1.165) is 11.1 Å². The molecule has 1 atom stereocenters. The van der Waals surface area contributed by atoms with Crippen molar-refractivity contribution in [2.24, 2.45) is 0 Å². The summed E-state index contributed by atoms with van der Waals surface area (Å²) in [7, 11) is 0. The van der Waals surface area contributed by atoms with E-state index in [4.69, 9.17) is 0 Å². The molecule has 2 rings (SSSR count). The number of nitrogens with one attached hydrogen (secondary N) is 2. The summed E-state index contributed by atoms with van der Waals surface area (Å²) in [5.41, 5.74) is 1.67. The number of aromatic hydroxyl groups is 2. The first kappa shape index (κ1) is 18.3. The van der Waals surface area contributed by atoms with Gasteiger partial charge in [-0.3, -0.25) is 9.59 Å². The Labute approximate surface area is 146 Å². The summed E-state index contributed by atoms with van der Waals surface area (Å²) in [5.74, 6) is -0.723. The Morgan fingerprint density at radius 3 is 2.40 bits per heavy atom. The average molecular weight is 342 g/mol. The Hall–Kier alpha value is -3.02. The summed E-state index contributed by atoms with van der Waals surface area (Å²) in [4.78, 5) is 23.5. The van der Waals surface area contributed by atoms with Crippen molar-refractivity contribution in [1.29, 1.82) is 0 Å². The van der Waals surface area contributed by atoms with Gasteiger partial charge in [0.1, 0.15) is 0 Å². The van der Waals surface area contributed by atoms with Crippen LogP contribution in [0.5, 0.6) is 11.5 Å². The summed E-state index contributed by atoms with van der Waals surface area (Å²) >= 11 is 0. The third kappa shape index (κ3) is 5.84. The molecule has 0 radical (unpaired) electrons. The van der Waals surface area contributed by atoms with Crippen LogP contribution in [0.1, 0.15) is 30.5 Å². The second kappa shape index (κ2) is 8.73. The molecule has 0 aliphatic carbocycles. The van der Waals surface area contributed by atoms with Crippen molar-refractivity contribution in [2.75, 3.05) is 6.54 Å². The van der Waals surface area contributed by atoms with Gasteiger partial charge in [0.2, 0.25) is 11.8 Å². The molecule has 25 heavy (non-hydrogen) atoms. The molecule has 2 aromatic rings. The standard InChI is InChI=1S/C19H22N2O4/c1-13(22)21-16(15-5-3-2-4-6-15)12-19(25)20-10-9-14-7-8-17(23)18(24)11-14/h2-8,11,16,23-24H,9-10,12H2,1H3,(H,20,25)(H,21,22). The van der Waals surface area contributed by atoms with E-state index in [0.29, 0.717) is 13.0 Å². The van der Waals surface area contributed by atoms with Crippen LogP contribution in [0, 0.1) is 0 Å². The first-order valence-electron chi connectivity index (χ1n) is 8.05. The summed E-state index contributed by atoms with van der Waals surface area (Å²) in [6.45, 7) is 1.82. The second-order valence-corrected chi connectivity index (χ2v) is 5.79. The lowest BCUT2D eigenvalue weighted by Gasteiger charge is -2.18. The quantitative estimate of drug-likeness (QED) is 0.579. The van der Waals surface area contributed by atoms with Gasteiger partial charge in [0.05, 0.1) is 12.5 Å². The molecule has 0 aliphatic heterocycles. The van der Waals surface area contributed by atoms with Gasteiger partial charge in [0.15, 0.2) is 11.5 Å². The number of rotatable bonds is 7. The fourth-order valence-corrected chi connectivity index (χ4v) is 2.51. The van der Waals surface area contributed by atoms with Crippen molar-refractivity contribution >= 4 is 11.8 Å². The van der Waals surface area contributed by atoms with Crippen LogP contribution in [0.15, 0.2) is 48.5 Å². The molecule has 0 bridgehead atoms. The monoisotopic (exact) mass is 342 g/mol. The zero-order valence-electron chi connectivity index (χ0n) is 14.0. The minimum Gasteiger partial charge on any atom is -0.504 e. The summed E-state index contributed by atoms with van der Waals surface area (Å²) in [6, 6.07) is 13.5. The molecule has 0 spiro atoms. The lowest BCUT2D eigenvalue weighted by Crippen LogP contribution is -2.33. The van der Waals surface area contributed by atoms with Crippen LogP contribution in [0.2, 0.25) is 0 Å². The van der Waals surface area contributed by atoms with E-state index < -0.39 is 0 Å². The molecule has 2 aromatic carbocycles. The van der Waals surface area contributed by atoms with Crippen molar-refractivity contribution in [3.05, 3.63) is 59.7 Å². The Kier molecular flexibility index (Phi) is 6.39. The maximum atomic E-state index is 12.2. The number of phenols is 2. The van der Waals surface area contributed by atoms with Crippen LogP contribution in [-0.4, -0.2) is 28.6 Å². The van der Waals surface area contributed by atoms with Crippen LogP contribution in [0.25, 0.3) is 0 Å². The molecule has 4 N–H and O–H groups in total. The second-order valence-electron chi connectivity index (χ2n) is 5.79. The largest absolute Gasteiger partial charge is 0.504 e. The lowest BCUT2D eigenvalue weighted by molar-refractivity contribution is -0.122. The first-order chi connectivity index (χ1) is 12.0.